The summed E-state index contributed by atoms with van der Waals surface area (Å²) >= 11 is 3.41. The summed E-state index contributed by atoms with van der Waals surface area (Å²) in [6.07, 6.45) is 0.445. The number of benzene rings is 2. The Hall–Kier alpha value is -1.81. The summed E-state index contributed by atoms with van der Waals surface area (Å²) in [7, 11) is 0. The highest BCUT2D eigenvalue weighted by molar-refractivity contribution is 9.10. The van der Waals surface area contributed by atoms with Crippen molar-refractivity contribution in [2.45, 2.75) is 19.9 Å². The second-order valence-corrected chi connectivity index (χ2v) is 6.00. The lowest BCUT2D eigenvalue weighted by atomic mass is 10.1. The molecule has 0 radical (unpaired) electrons. The van der Waals surface area contributed by atoms with Gasteiger partial charge in [-0.1, -0.05) is 29.8 Å². The number of anilines is 2. The van der Waals surface area contributed by atoms with Gasteiger partial charge in [0.25, 0.3) is 0 Å². The van der Waals surface area contributed by atoms with E-state index in [9.17, 15) is 4.79 Å². The predicted molar refractivity (Wildman–Crippen MR) is 84.6 cm³/mol. The zero-order valence-electron chi connectivity index (χ0n) is 11.2. The lowest BCUT2D eigenvalue weighted by Gasteiger charge is -2.18. The van der Waals surface area contributed by atoms with E-state index in [1.807, 2.05) is 17.0 Å². The predicted octanol–water partition coefficient (Wildman–Crippen LogP) is 3.43. The normalized spacial score (nSPS) is 13.7. The molecule has 3 nitrogen and oxygen atoms in total. The van der Waals surface area contributed by atoms with Crippen molar-refractivity contribution in [2.24, 2.45) is 0 Å². The van der Waals surface area contributed by atoms with Gasteiger partial charge in [0, 0.05) is 15.8 Å². The average molecular weight is 331 g/mol. The number of nitrogens with two attached hydrogens (primary N) is 1. The Kier molecular flexibility index (Phi) is 3.26. The van der Waals surface area contributed by atoms with E-state index < -0.39 is 0 Å². The number of hydrogen-bond donors (Lipinski definition) is 1. The Morgan fingerprint density at radius 1 is 1.25 bits per heavy atom. The van der Waals surface area contributed by atoms with E-state index >= 15 is 0 Å². The molecule has 3 rings (SSSR count). The number of nitrogens with zero attached hydrogens (tertiary/aromatic N) is 1. The molecule has 102 valence electrons. The Morgan fingerprint density at radius 2 is 1.95 bits per heavy atom. The van der Waals surface area contributed by atoms with Crippen LogP contribution in [0.3, 0.4) is 0 Å². The van der Waals surface area contributed by atoms with E-state index in [1.54, 1.807) is 0 Å². The molecule has 0 aromatic heterocycles. The summed E-state index contributed by atoms with van der Waals surface area (Å²) in [5.41, 5.74) is 10.9. The number of fused-ring (bicyclic) bond motifs is 1. The SMILES string of the molecule is Cc1ccc(CN2C(=O)Cc3cc(Br)c(N)cc32)cc1. The maximum atomic E-state index is 12.2. The molecule has 1 aliphatic rings. The third-order valence-corrected chi connectivity index (χ3v) is 4.28. The molecule has 20 heavy (non-hydrogen) atoms. The second-order valence-electron chi connectivity index (χ2n) is 5.14. The smallest absolute Gasteiger partial charge is 0.231 e. The maximum Gasteiger partial charge on any atom is 0.231 e. The topological polar surface area (TPSA) is 46.3 Å². The van der Waals surface area contributed by atoms with Gasteiger partial charge in [-0.2, -0.15) is 0 Å². The van der Waals surface area contributed by atoms with E-state index in [1.165, 1.54) is 5.56 Å². The minimum atomic E-state index is 0.123. The molecular formula is C16H15BrN2O. The van der Waals surface area contributed by atoms with Crippen LogP contribution in [0.2, 0.25) is 0 Å². The molecule has 2 N–H and O–H groups in total. The molecule has 1 aliphatic heterocycles. The van der Waals surface area contributed by atoms with Crippen molar-refractivity contribution in [1.82, 2.24) is 0 Å². The van der Waals surface area contributed by atoms with Crippen molar-refractivity contribution in [3.05, 3.63) is 57.6 Å². The Labute approximate surface area is 126 Å². The fourth-order valence-electron chi connectivity index (χ4n) is 2.45. The highest BCUT2D eigenvalue weighted by Crippen LogP contribution is 2.35. The van der Waals surface area contributed by atoms with E-state index in [0.29, 0.717) is 18.7 Å². The minimum absolute atomic E-state index is 0.123. The second kappa shape index (κ2) is 4.94. The number of carbonyl (C=O) groups excluding carboxylic acids is 1. The van der Waals surface area contributed by atoms with E-state index in [4.69, 9.17) is 5.73 Å². The molecule has 2 aromatic carbocycles. The number of carbonyl (C=O) groups is 1. The molecule has 0 spiro atoms. The first-order valence-corrected chi connectivity index (χ1v) is 7.27. The van der Waals surface area contributed by atoms with Crippen LogP contribution in [-0.2, 0) is 17.8 Å². The van der Waals surface area contributed by atoms with Gasteiger partial charge in [-0.05, 0) is 46.1 Å². The number of aryl methyl sites for hydroxylation is 1. The highest BCUT2D eigenvalue weighted by Gasteiger charge is 2.28. The molecule has 0 unspecified atom stereocenters. The monoisotopic (exact) mass is 330 g/mol. The Morgan fingerprint density at radius 3 is 2.65 bits per heavy atom. The zero-order chi connectivity index (χ0) is 14.3. The number of halogens is 1. The Bertz CT molecular complexity index is 680. The molecule has 0 fully saturated rings. The summed E-state index contributed by atoms with van der Waals surface area (Å²) in [5.74, 6) is 0.123. The number of hydrogen-bond acceptors (Lipinski definition) is 2. The van der Waals surface area contributed by atoms with Crippen LogP contribution in [0.15, 0.2) is 40.9 Å². The van der Waals surface area contributed by atoms with E-state index in [-0.39, 0.29) is 5.91 Å². The van der Waals surface area contributed by atoms with Gasteiger partial charge in [0.1, 0.15) is 0 Å². The van der Waals surface area contributed by atoms with Crippen LogP contribution in [0.5, 0.6) is 0 Å². The first-order chi connectivity index (χ1) is 9.54. The van der Waals surface area contributed by atoms with Gasteiger partial charge in [-0.25, -0.2) is 0 Å². The van der Waals surface area contributed by atoms with E-state index in [2.05, 4.69) is 47.1 Å². The standard InChI is InChI=1S/C16H15BrN2O/c1-10-2-4-11(5-3-10)9-19-15-8-14(18)13(17)6-12(15)7-16(19)20/h2-6,8H,7,9,18H2,1H3. The molecule has 0 bridgehead atoms. The maximum absolute atomic E-state index is 12.2. The van der Waals surface area contributed by atoms with Gasteiger partial charge in [0.2, 0.25) is 5.91 Å². The van der Waals surface area contributed by atoms with Crippen molar-refractivity contribution in [2.75, 3.05) is 10.6 Å². The molecule has 1 heterocycles. The lowest BCUT2D eigenvalue weighted by Crippen LogP contribution is -2.26. The van der Waals surface area contributed by atoms with Crippen LogP contribution in [-0.4, -0.2) is 5.91 Å². The van der Waals surface area contributed by atoms with Crippen LogP contribution < -0.4 is 10.6 Å². The van der Waals surface area contributed by atoms with E-state index in [0.717, 1.165) is 21.3 Å². The molecule has 4 heteroatoms. The zero-order valence-corrected chi connectivity index (χ0v) is 12.8. The van der Waals surface area contributed by atoms with Crippen molar-refractivity contribution in [1.29, 1.82) is 0 Å². The van der Waals surface area contributed by atoms with Crippen LogP contribution in [0, 0.1) is 6.92 Å². The van der Waals surface area contributed by atoms with Gasteiger partial charge in [0.05, 0.1) is 13.0 Å². The summed E-state index contributed by atoms with van der Waals surface area (Å²) in [4.78, 5) is 14.0. The van der Waals surface area contributed by atoms with Crippen molar-refractivity contribution < 1.29 is 4.79 Å². The van der Waals surface area contributed by atoms with Gasteiger partial charge >= 0.3 is 0 Å². The third-order valence-electron chi connectivity index (χ3n) is 3.59. The Balaban J connectivity index is 1.94. The highest BCUT2D eigenvalue weighted by atomic mass is 79.9. The van der Waals surface area contributed by atoms with Gasteiger partial charge < -0.3 is 10.6 Å². The molecule has 0 atom stereocenters. The van der Waals surface area contributed by atoms with Gasteiger partial charge in [0.15, 0.2) is 0 Å². The van der Waals surface area contributed by atoms with Crippen LogP contribution in [0.25, 0.3) is 0 Å². The number of amides is 1. The first-order valence-electron chi connectivity index (χ1n) is 6.48. The quantitative estimate of drug-likeness (QED) is 0.857. The van der Waals surface area contributed by atoms with Crippen LogP contribution >= 0.6 is 15.9 Å². The fourth-order valence-corrected chi connectivity index (χ4v) is 2.84. The number of rotatable bonds is 2. The molecule has 2 aromatic rings. The van der Waals surface area contributed by atoms with Crippen molar-refractivity contribution in [3.63, 3.8) is 0 Å². The van der Waals surface area contributed by atoms with Gasteiger partial charge in [-0.15, -0.1) is 0 Å². The number of nitrogen functional groups attached to an aromatic ring is 1. The fraction of sp³-hybridized carbons (Fsp3) is 0.188. The summed E-state index contributed by atoms with van der Waals surface area (Å²) in [6, 6.07) is 12.1. The molecular weight excluding hydrogens is 316 g/mol. The molecule has 0 saturated heterocycles. The van der Waals surface area contributed by atoms with Crippen molar-refractivity contribution >= 4 is 33.2 Å². The molecule has 1 amide bonds. The van der Waals surface area contributed by atoms with Crippen LogP contribution in [0.4, 0.5) is 11.4 Å². The minimum Gasteiger partial charge on any atom is -0.398 e. The molecule has 0 saturated carbocycles. The average Bonchev–Trinajstić information content (AvgIpc) is 2.69. The summed E-state index contributed by atoms with van der Waals surface area (Å²) in [5, 5.41) is 0. The largest absolute Gasteiger partial charge is 0.398 e. The lowest BCUT2D eigenvalue weighted by molar-refractivity contribution is -0.117. The molecule has 0 aliphatic carbocycles. The third kappa shape index (κ3) is 2.31. The van der Waals surface area contributed by atoms with Crippen LogP contribution in [0.1, 0.15) is 16.7 Å². The summed E-state index contributed by atoms with van der Waals surface area (Å²) < 4.78 is 0.848. The summed E-state index contributed by atoms with van der Waals surface area (Å²) in [6.45, 7) is 2.64. The van der Waals surface area contributed by atoms with Gasteiger partial charge in [-0.3, -0.25) is 4.79 Å². The van der Waals surface area contributed by atoms with Crippen molar-refractivity contribution in [3.8, 4) is 0 Å². The first kappa shape index (κ1) is 13.2.